The summed E-state index contributed by atoms with van der Waals surface area (Å²) in [5.41, 5.74) is 0.964. The number of phenols is 1. The van der Waals surface area contributed by atoms with Crippen molar-refractivity contribution in [2.45, 2.75) is 25.9 Å². The van der Waals surface area contributed by atoms with Gasteiger partial charge in [-0.25, -0.2) is 0 Å². The van der Waals surface area contributed by atoms with Gasteiger partial charge in [0.05, 0.1) is 5.02 Å². The van der Waals surface area contributed by atoms with Crippen LogP contribution in [0.3, 0.4) is 0 Å². The predicted octanol–water partition coefficient (Wildman–Crippen LogP) is 2.54. The van der Waals surface area contributed by atoms with Crippen molar-refractivity contribution in [3.8, 4) is 5.75 Å². The third-order valence-corrected chi connectivity index (χ3v) is 3.16. The minimum Gasteiger partial charge on any atom is -0.506 e. The summed E-state index contributed by atoms with van der Waals surface area (Å²) in [6, 6.07) is 5.98. The predicted molar refractivity (Wildman–Crippen MR) is 57.5 cm³/mol. The van der Waals surface area contributed by atoms with E-state index in [0.29, 0.717) is 11.1 Å². The quantitative estimate of drug-likeness (QED) is 0.806. The van der Waals surface area contributed by atoms with Crippen molar-refractivity contribution in [3.05, 3.63) is 28.8 Å². The van der Waals surface area contributed by atoms with E-state index in [1.54, 1.807) is 6.07 Å². The van der Waals surface area contributed by atoms with Crippen LogP contribution in [0.25, 0.3) is 0 Å². The third kappa shape index (κ3) is 2.02. The summed E-state index contributed by atoms with van der Waals surface area (Å²) in [4.78, 5) is 0. The zero-order valence-electron chi connectivity index (χ0n) is 8.13. The first-order chi connectivity index (χ1) is 6.68. The zero-order chi connectivity index (χ0) is 10.1. The van der Waals surface area contributed by atoms with Gasteiger partial charge in [0.2, 0.25) is 0 Å². The van der Waals surface area contributed by atoms with Gasteiger partial charge in [-0.15, -0.1) is 0 Å². The molecule has 0 radical (unpaired) electrons. The molecule has 2 nitrogen and oxygen atoms in total. The van der Waals surface area contributed by atoms with Gasteiger partial charge in [-0.3, -0.25) is 0 Å². The molecule has 2 atom stereocenters. The largest absolute Gasteiger partial charge is 0.506 e. The normalized spacial score (nSPS) is 25.0. The van der Waals surface area contributed by atoms with E-state index in [-0.39, 0.29) is 5.75 Å². The van der Waals surface area contributed by atoms with Crippen LogP contribution in [0.4, 0.5) is 0 Å². The van der Waals surface area contributed by atoms with Gasteiger partial charge < -0.3 is 10.4 Å². The Kier molecular flexibility index (Phi) is 2.66. The Morgan fingerprint density at radius 1 is 1.57 bits per heavy atom. The summed E-state index contributed by atoms with van der Waals surface area (Å²) in [5.74, 6) is 0.945. The molecule has 1 aromatic rings. The minimum absolute atomic E-state index is 0.162. The SMILES string of the molecule is C[C@@H]1C[C@H]1NCc1cccc(O)c1Cl. The number of nitrogens with one attached hydrogen (secondary N) is 1. The van der Waals surface area contributed by atoms with Gasteiger partial charge >= 0.3 is 0 Å². The van der Waals surface area contributed by atoms with Crippen LogP contribution in [0.1, 0.15) is 18.9 Å². The van der Waals surface area contributed by atoms with Gasteiger partial charge in [-0.1, -0.05) is 30.7 Å². The molecule has 1 fully saturated rings. The summed E-state index contributed by atoms with van der Waals surface area (Å²) in [6.45, 7) is 2.96. The van der Waals surface area contributed by atoms with Crippen LogP contribution < -0.4 is 5.32 Å². The fourth-order valence-electron chi connectivity index (χ4n) is 1.55. The molecule has 0 heterocycles. The molecule has 3 heteroatoms. The third-order valence-electron chi connectivity index (χ3n) is 2.72. The van der Waals surface area contributed by atoms with Crippen molar-refractivity contribution >= 4 is 11.6 Å². The molecule has 1 aliphatic carbocycles. The average Bonchev–Trinajstić information content (AvgIpc) is 2.85. The standard InChI is InChI=1S/C11H14ClNO/c1-7-5-9(7)13-6-8-3-2-4-10(14)11(8)12/h2-4,7,9,13-14H,5-6H2,1H3/t7-,9-/m1/s1. The van der Waals surface area contributed by atoms with E-state index in [0.717, 1.165) is 18.0 Å². The average molecular weight is 212 g/mol. The molecule has 76 valence electrons. The lowest BCUT2D eigenvalue weighted by molar-refractivity contribution is 0.474. The van der Waals surface area contributed by atoms with E-state index in [1.807, 2.05) is 12.1 Å². The molecule has 2 rings (SSSR count). The number of halogens is 1. The van der Waals surface area contributed by atoms with E-state index >= 15 is 0 Å². The first kappa shape index (κ1) is 9.81. The monoisotopic (exact) mass is 211 g/mol. The van der Waals surface area contributed by atoms with E-state index < -0.39 is 0 Å². The van der Waals surface area contributed by atoms with Crippen molar-refractivity contribution < 1.29 is 5.11 Å². The Hall–Kier alpha value is -0.730. The first-order valence-electron chi connectivity index (χ1n) is 4.88. The summed E-state index contributed by atoms with van der Waals surface area (Å²) < 4.78 is 0. The van der Waals surface area contributed by atoms with E-state index in [1.165, 1.54) is 6.42 Å². The number of phenolic OH excluding ortho intramolecular Hbond substituents is 1. The van der Waals surface area contributed by atoms with Crippen LogP contribution in [0.5, 0.6) is 5.75 Å². The maximum Gasteiger partial charge on any atom is 0.134 e. The van der Waals surface area contributed by atoms with Crippen LogP contribution in [0, 0.1) is 5.92 Å². The molecular formula is C11H14ClNO. The number of benzene rings is 1. The molecule has 1 aliphatic rings. The molecule has 1 aromatic carbocycles. The molecule has 2 N–H and O–H groups in total. The van der Waals surface area contributed by atoms with Gasteiger partial charge in [0.1, 0.15) is 5.75 Å². The maximum atomic E-state index is 9.37. The van der Waals surface area contributed by atoms with E-state index in [9.17, 15) is 5.11 Å². The number of aromatic hydroxyl groups is 1. The van der Waals surface area contributed by atoms with Gasteiger partial charge in [-0.05, 0) is 24.0 Å². The second-order valence-electron chi connectivity index (χ2n) is 3.95. The molecule has 0 aromatic heterocycles. The fraction of sp³-hybridized carbons (Fsp3) is 0.455. The van der Waals surface area contributed by atoms with Crippen molar-refractivity contribution in [1.82, 2.24) is 5.32 Å². The molecule has 0 saturated heterocycles. The maximum absolute atomic E-state index is 9.37. The lowest BCUT2D eigenvalue weighted by atomic mass is 10.2. The lowest BCUT2D eigenvalue weighted by Gasteiger charge is -2.06. The topological polar surface area (TPSA) is 32.3 Å². The van der Waals surface area contributed by atoms with Gasteiger partial charge in [0.15, 0.2) is 0 Å². The smallest absolute Gasteiger partial charge is 0.134 e. The second kappa shape index (κ2) is 3.79. The van der Waals surface area contributed by atoms with Crippen LogP contribution in [0.15, 0.2) is 18.2 Å². The highest BCUT2D eigenvalue weighted by atomic mass is 35.5. The molecule has 0 amide bonds. The molecule has 0 spiro atoms. The van der Waals surface area contributed by atoms with E-state index in [2.05, 4.69) is 12.2 Å². The van der Waals surface area contributed by atoms with Gasteiger partial charge in [-0.2, -0.15) is 0 Å². The van der Waals surface area contributed by atoms with Crippen molar-refractivity contribution in [1.29, 1.82) is 0 Å². The Balaban J connectivity index is 1.98. The highest BCUT2D eigenvalue weighted by Gasteiger charge is 2.31. The van der Waals surface area contributed by atoms with Gasteiger partial charge in [0.25, 0.3) is 0 Å². The number of rotatable bonds is 3. The zero-order valence-corrected chi connectivity index (χ0v) is 8.88. The highest BCUT2D eigenvalue weighted by Crippen LogP contribution is 2.31. The Bertz CT molecular complexity index is 340. The molecule has 0 bridgehead atoms. The highest BCUT2D eigenvalue weighted by molar-refractivity contribution is 6.32. The second-order valence-corrected chi connectivity index (χ2v) is 4.33. The summed E-state index contributed by atoms with van der Waals surface area (Å²) in [5, 5.41) is 13.2. The number of hydrogen-bond acceptors (Lipinski definition) is 2. The van der Waals surface area contributed by atoms with Gasteiger partial charge in [0, 0.05) is 12.6 Å². The van der Waals surface area contributed by atoms with Crippen LogP contribution >= 0.6 is 11.6 Å². The number of hydrogen-bond donors (Lipinski definition) is 2. The molecule has 1 saturated carbocycles. The lowest BCUT2D eigenvalue weighted by Crippen LogP contribution is -2.17. The molecule has 0 aliphatic heterocycles. The van der Waals surface area contributed by atoms with Crippen molar-refractivity contribution in [2.24, 2.45) is 5.92 Å². The van der Waals surface area contributed by atoms with Crippen molar-refractivity contribution in [2.75, 3.05) is 0 Å². The summed E-state index contributed by atoms with van der Waals surface area (Å²) in [7, 11) is 0. The molecule has 14 heavy (non-hydrogen) atoms. The first-order valence-corrected chi connectivity index (χ1v) is 5.26. The fourth-order valence-corrected chi connectivity index (χ4v) is 1.74. The molecular weight excluding hydrogens is 198 g/mol. The van der Waals surface area contributed by atoms with Crippen LogP contribution in [0.2, 0.25) is 5.02 Å². The Morgan fingerprint density at radius 3 is 2.93 bits per heavy atom. The summed E-state index contributed by atoms with van der Waals surface area (Å²) >= 11 is 5.94. The van der Waals surface area contributed by atoms with Crippen LogP contribution in [-0.2, 0) is 6.54 Å². The minimum atomic E-state index is 0.162. The Labute approximate surface area is 88.9 Å². The van der Waals surface area contributed by atoms with Crippen molar-refractivity contribution in [3.63, 3.8) is 0 Å². The molecule has 0 unspecified atom stereocenters. The Morgan fingerprint density at radius 2 is 2.29 bits per heavy atom. The summed E-state index contributed by atoms with van der Waals surface area (Å²) in [6.07, 6.45) is 1.25. The van der Waals surface area contributed by atoms with Crippen LogP contribution in [-0.4, -0.2) is 11.1 Å². The van der Waals surface area contributed by atoms with E-state index in [4.69, 9.17) is 11.6 Å².